The SMILES string of the molecule is CC[C@H](CN1CCCC1)OC. The zero-order valence-electron chi connectivity index (χ0n) is 7.68. The van der Waals surface area contributed by atoms with Crippen LogP contribution >= 0.6 is 0 Å². The lowest BCUT2D eigenvalue weighted by Crippen LogP contribution is -2.30. The normalized spacial score (nSPS) is 22.4. The summed E-state index contributed by atoms with van der Waals surface area (Å²) in [5, 5.41) is 0. The second-order valence-corrected chi connectivity index (χ2v) is 3.27. The van der Waals surface area contributed by atoms with E-state index in [4.69, 9.17) is 4.74 Å². The van der Waals surface area contributed by atoms with Gasteiger partial charge in [-0.2, -0.15) is 0 Å². The molecular weight excluding hydrogens is 138 g/mol. The third-order valence-electron chi connectivity index (χ3n) is 2.45. The number of likely N-dealkylation sites (tertiary alicyclic amines) is 1. The second kappa shape index (κ2) is 4.73. The Labute approximate surface area is 69.5 Å². The number of methoxy groups -OCH3 is 1. The Bertz CT molecular complexity index is 95.7. The topological polar surface area (TPSA) is 12.5 Å². The highest BCUT2D eigenvalue weighted by Gasteiger charge is 2.15. The molecule has 1 aliphatic rings. The lowest BCUT2D eigenvalue weighted by molar-refractivity contribution is 0.0686. The van der Waals surface area contributed by atoms with E-state index in [9.17, 15) is 0 Å². The van der Waals surface area contributed by atoms with Crippen LogP contribution in [0.3, 0.4) is 0 Å². The van der Waals surface area contributed by atoms with Crippen molar-refractivity contribution in [2.75, 3.05) is 26.7 Å². The molecule has 0 spiro atoms. The van der Waals surface area contributed by atoms with Crippen LogP contribution < -0.4 is 0 Å². The van der Waals surface area contributed by atoms with E-state index in [2.05, 4.69) is 11.8 Å². The van der Waals surface area contributed by atoms with Gasteiger partial charge < -0.3 is 9.64 Å². The Kier molecular flexibility index (Phi) is 3.87. The molecule has 0 unspecified atom stereocenters. The van der Waals surface area contributed by atoms with Crippen LogP contribution in [0.5, 0.6) is 0 Å². The summed E-state index contributed by atoms with van der Waals surface area (Å²) in [7, 11) is 1.81. The molecule has 11 heavy (non-hydrogen) atoms. The molecule has 0 radical (unpaired) electrons. The third kappa shape index (κ3) is 2.80. The highest BCUT2D eigenvalue weighted by Crippen LogP contribution is 2.09. The Morgan fingerprint density at radius 1 is 1.36 bits per heavy atom. The lowest BCUT2D eigenvalue weighted by Gasteiger charge is -2.20. The minimum atomic E-state index is 0.452. The van der Waals surface area contributed by atoms with Gasteiger partial charge in [-0.05, 0) is 32.4 Å². The van der Waals surface area contributed by atoms with Crippen molar-refractivity contribution in [1.82, 2.24) is 4.90 Å². The first-order chi connectivity index (χ1) is 5.36. The first-order valence-corrected chi connectivity index (χ1v) is 4.62. The summed E-state index contributed by atoms with van der Waals surface area (Å²) in [5.74, 6) is 0. The Morgan fingerprint density at radius 2 is 2.00 bits per heavy atom. The van der Waals surface area contributed by atoms with Crippen LogP contribution in [0, 0.1) is 0 Å². The van der Waals surface area contributed by atoms with E-state index in [0.29, 0.717) is 6.10 Å². The predicted octanol–water partition coefficient (Wildman–Crippen LogP) is 1.51. The highest BCUT2D eigenvalue weighted by molar-refractivity contribution is 4.69. The molecule has 1 fully saturated rings. The van der Waals surface area contributed by atoms with Gasteiger partial charge in [0.05, 0.1) is 6.10 Å². The van der Waals surface area contributed by atoms with Crippen LogP contribution in [0.4, 0.5) is 0 Å². The number of rotatable bonds is 4. The number of ether oxygens (including phenoxy) is 1. The Balaban J connectivity index is 2.16. The minimum absolute atomic E-state index is 0.452. The standard InChI is InChI=1S/C9H19NO/c1-3-9(11-2)8-10-6-4-5-7-10/h9H,3-8H2,1-2H3/t9-/m1/s1. The maximum atomic E-state index is 5.32. The smallest absolute Gasteiger partial charge is 0.0695 e. The van der Waals surface area contributed by atoms with Gasteiger partial charge in [-0.1, -0.05) is 6.92 Å². The molecule has 0 aromatic rings. The summed E-state index contributed by atoms with van der Waals surface area (Å²) < 4.78 is 5.32. The highest BCUT2D eigenvalue weighted by atomic mass is 16.5. The maximum Gasteiger partial charge on any atom is 0.0695 e. The Morgan fingerprint density at radius 3 is 2.45 bits per heavy atom. The molecule has 0 bridgehead atoms. The fourth-order valence-corrected chi connectivity index (χ4v) is 1.62. The van der Waals surface area contributed by atoms with Gasteiger partial charge in [-0.3, -0.25) is 0 Å². The molecule has 1 heterocycles. The van der Waals surface area contributed by atoms with Crippen molar-refractivity contribution in [3.8, 4) is 0 Å². The first kappa shape index (κ1) is 9.01. The van der Waals surface area contributed by atoms with Crippen molar-refractivity contribution >= 4 is 0 Å². The Hall–Kier alpha value is -0.0800. The van der Waals surface area contributed by atoms with Crippen molar-refractivity contribution in [2.45, 2.75) is 32.3 Å². The van der Waals surface area contributed by atoms with Crippen LogP contribution in [0.15, 0.2) is 0 Å². The fourth-order valence-electron chi connectivity index (χ4n) is 1.62. The molecule has 0 aromatic heterocycles. The molecule has 1 atom stereocenters. The average molecular weight is 157 g/mol. The summed E-state index contributed by atoms with van der Waals surface area (Å²) >= 11 is 0. The second-order valence-electron chi connectivity index (χ2n) is 3.27. The van der Waals surface area contributed by atoms with Crippen molar-refractivity contribution in [1.29, 1.82) is 0 Å². The fraction of sp³-hybridized carbons (Fsp3) is 1.00. The van der Waals surface area contributed by atoms with Gasteiger partial charge in [0.15, 0.2) is 0 Å². The maximum absolute atomic E-state index is 5.32. The van der Waals surface area contributed by atoms with Crippen LogP contribution in [-0.4, -0.2) is 37.7 Å². The van der Waals surface area contributed by atoms with Gasteiger partial charge in [0.1, 0.15) is 0 Å². The van der Waals surface area contributed by atoms with Gasteiger partial charge in [-0.25, -0.2) is 0 Å². The summed E-state index contributed by atoms with van der Waals surface area (Å²) in [5.41, 5.74) is 0. The van der Waals surface area contributed by atoms with Gasteiger partial charge in [0.25, 0.3) is 0 Å². The van der Waals surface area contributed by atoms with E-state index in [-0.39, 0.29) is 0 Å². The molecule has 0 amide bonds. The van der Waals surface area contributed by atoms with Gasteiger partial charge in [0, 0.05) is 13.7 Å². The summed E-state index contributed by atoms with van der Waals surface area (Å²) in [6.07, 6.45) is 4.33. The van der Waals surface area contributed by atoms with Crippen molar-refractivity contribution < 1.29 is 4.74 Å². The largest absolute Gasteiger partial charge is 0.380 e. The zero-order chi connectivity index (χ0) is 8.10. The molecule has 1 saturated heterocycles. The van der Waals surface area contributed by atoms with Crippen LogP contribution in [0.25, 0.3) is 0 Å². The molecule has 0 N–H and O–H groups in total. The van der Waals surface area contributed by atoms with E-state index in [1.165, 1.54) is 25.9 Å². The molecule has 2 heteroatoms. The van der Waals surface area contributed by atoms with E-state index in [1.807, 2.05) is 7.11 Å². The van der Waals surface area contributed by atoms with E-state index in [0.717, 1.165) is 13.0 Å². The van der Waals surface area contributed by atoms with Gasteiger partial charge in [0.2, 0.25) is 0 Å². The van der Waals surface area contributed by atoms with Crippen molar-refractivity contribution in [3.63, 3.8) is 0 Å². The van der Waals surface area contributed by atoms with Crippen LogP contribution in [-0.2, 0) is 4.74 Å². The van der Waals surface area contributed by atoms with Gasteiger partial charge in [-0.15, -0.1) is 0 Å². The van der Waals surface area contributed by atoms with E-state index < -0.39 is 0 Å². The number of hydrogen-bond donors (Lipinski definition) is 0. The molecule has 0 aliphatic carbocycles. The van der Waals surface area contributed by atoms with Gasteiger partial charge >= 0.3 is 0 Å². The summed E-state index contributed by atoms with van der Waals surface area (Å²) in [6.45, 7) is 5.87. The number of nitrogens with zero attached hydrogens (tertiary/aromatic N) is 1. The molecule has 0 aromatic carbocycles. The quantitative estimate of drug-likeness (QED) is 0.613. The van der Waals surface area contributed by atoms with E-state index in [1.54, 1.807) is 0 Å². The average Bonchev–Trinajstić information content (AvgIpc) is 2.52. The van der Waals surface area contributed by atoms with E-state index >= 15 is 0 Å². The zero-order valence-corrected chi connectivity index (χ0v) is 7.68. The summed E-state index contributed by atoms with van der Waals surface area (Å²) in [6, 6.07) is 0. The molecule has 0 saturated carbocycles. The molecule has 2 nitrogen and oxygen atoms in total. The molecule has 66 valence electrons. The molecule has 1 aliphatic heterocycles. The molecular formula is C9H19NO. The van der Waals surface area contributed by atoms with Crippen molar-refractivity contribution in [2.24, 2.45) is 0 Å². The monoisotopic (exact) mass is 157 g/mol. The minimum Gasteiger partial charge on any atom is -0.380 e. The predicted molar refractivity (Wildman–Crippen MR) is 46.8 cm³/mol. The van der Waals surface area contributed by atoms with Crippen LogP contribution in [0.1, 0.15) is 26.2 Å². The third-order valence-corrected chi connectivity index (χ3v) is 2.45. The lowest BCUT2D eigenvalue weighted by atomic mass is 10.2. The first-order valence-electron chi connectivity index (χ1n) is 4.62. The van der Waals surface area contributed by atoms with Crippen LogP contribution in [0.2, 0.25) is 0 Å². The summed E-state index contributed by atoms with van der Waals surface area (Å²) in [4.78, 5) is 2.50. The molecule has 1 rings (SSSR count). The van der Waals surface area contributed by atoms with Crippen molar-refractivity contribution in [3.05, 3.63) is 0 Å². The number of hydrogen-bond acceptors (Lipinski definition) is 2.